The van der Waals surface area contributed by atoms with Gasteiger partial charge in [-0.15, -0.1) is 0 Å². The van der Waals surface area contributed by atoms with E-state index < -0.39 is 16.1 Å². The zero-order chi connectivity index (χ0) is 12.3. The van der Waals surface area contributed by atoms with Crippen LogP contribution >= 0.6 is 11.6 Å². The Bertz CT molecular complexity index is 474. The lowest BCUT2D eigenvalue weighted by atomic mass is 10.3. The molecule has 7 heteroatoms. The zero-order valence-electron chi connectivity index (χ0n) is 8.64. The summed E-state index contributed by atoms with van der Waals surface area (Å²) in [4.78, 5) is -0.0881. The van der Waals surface area contributed by atoms with Gasteiger partial charge in [-0.25, -0.2) is 13.1 Å². The maximum atomic E-state index is 11.7. The first kappa shape index (κ1) is 13.2. The molecule has 90 valence electrons. The van der Waals surface area contributed by atoms with Crippen LogP contribution in [0.15, 0.2) is 23.1 Å². The maximum absolute atomic E-state index is 11.7. The number of aliphatic hydroxyl groups is 1. The second kappa shape index (κ2) is 5.01. The minimum atomic E-state index is -3.73. The molecule has 1 rings (SSSR count). The Hall–Kier alpha value is -0.820. The van der Waals surface area contributed by atoms with Crippen LogP contribution in [0.3, 0.4) is 0 Å². The summed E-state index contributed by atoms with van der Waals surface area (Å²) in [7, 11) is -3.73. The molecular weight excluding hydrogens is 252 g/mol. The number of hydrogen-bond donors (Lipinski definition) is 3. The highest BCUT2D eigenvalue weighted by atomic mass is 35.5. The van der Waals surface area contributed by atoms with E-state index >= 15 is 0 Å². The molecule has 0 amide bonds. The first-order chi connectivity index (χ1) is 7.33. The Morgan fingerprint density at radius 3 is 2.75 bits per heavy atom. The van der Waals surface area contributed by atoms with Gasteiger partial charge in [-0.1, -0.05) is 11.6 Å². The van der Waals surface area contributed by atoms with Crippen LogP contribution in [0.2, 0.25) is 5.02 Å². The van der Waals surface area contributed by atoms with Crippen LogP contribution in [-0.4, -0.2) is 26.2 Å². The second-order valence-electron chi connectivity index (χ2n) is 3.39. The first-order valence-electron chi connectivity index (χ1n) is 4.55. The number of sulfonamides is 1. The van der Waals surface area contributed by atoms with Crippen LogP contribution in [0.4, 0.5) is 5.69 Å². The van der Waals surface area contributed by atoms with Crippen molar-refractivity contribution in [1.29, 1.82) is 0 Å². The lowest BCUT2D eigenvalue weighted by Gasteiger charge is -2.10. The van der Waals surface area contributed by atoms with Crippen LogP contribution in [-0.2, 0) is 10.0 Å². The van der Waals surface area contributed by atoms with Crippen molar-refractivity contribution in [2.75, 3.05) is 12.3 Å². The number of nitrogens with one attached hydrogen (secondary N) is 1. The molecule has 5 nitrogen and oxygen atoms in total. The largest absolute Gasteiger partial charge is 0.399 e. The van der Waals surface area contributed by atoms with E-state index in [1.54, 1.807) is 0 Å². The third-order valence-corrected chi connectivity index (χ3v) is 3.72. The standard InChI is InChI=1S/C9H13ClN2O3S/c1-6(13)5-12-16(14,15)9-4-7(11)2-3-8(9)10/h2-4,6,12-13H,5,11H2,1H3/t6-/m0/s1. The van der Waals surface area contributed by atoms with Gasteiger partial charge in [-0.3, -0.25) is 0 Å². The smallest absolute Gasteiger partial charge is 0.242 e. The number of halogens is 1. The lowest BCUT2D eigenvalue weighted by molar-refractivity contribution is 0.198. The molecule has 0 saturated carbocycles. The molecule has 0 aliphatic heterocycles. The Morgan fingerprint density at radius 2 is 2.19 bits per heavy atom. The third kappa shape index (κ3) is 3.34. The molecule has 4 N–H and O–H groups in total. The summed E-state index contributed by atoms with van der Waals surface area (Å²) in [6, 6.07) is 4.19. The van der Waals surface area contributed by atoms with Crippen molar-refractivity contribution in [3.05, 3.63) is 23.2 Å². The average molecular weight is 265 g/mol. The molecule has 0 heterocycles. The molecule has 1 atom stereocenters. The number of rotatable bonds is 4. The third-order valence-electron chi connectivity index (χ3n) is 1.81. The van der Waals surface area contributed by atoms with Gasteiger partial charge in [0.25, 0.3) is 0 Å². The van der Waals surface area contributed by atoms with Gasteiger partial charge in [0.2, 0.25) is 10.0 Å². The van der Waals surface area contributed by atoms with Crippen LogP contribution in [0.25, 0.3) is 0 Å². The fourth-order valence-corrected chi connectivity index (χ4v) is 2.69. The van der Waals surface area contributed by atoms with E-state index in [4.69, 9.17) is 22.4 Å². The molecule has 0 aromatic heterocycles. The number of benzene rings is 1. The maximum Gasteiger partial charge on any atom is 0.242 e. The molecular formula is C9H13ClN2O3S. The van der Waals surface area contributed by atoms with Gasteiger partial charge >= 0.3 is 0 Å². The number of aliphatic hydroxyl groups excluding tert-OH is 1. The summed E-state index contributed by atoms with van der Waals surface area (Å²) >= 11 is 5.76. The van der Waals surface area contributed by atoms with Gasteiger partial charge in [-0.2, -0.15) is 0 Å². The van der Waals surface area contributed by atoms with Crippen LogP contribution in [0.1, 0.15) is 6.92 Å². The van der Waals surface area contributed by atoms with Gasteiger partial charge < -0.3 is 10.8 Å². The van der Waals surface area contributed by atoms with Crippen molar-refractivity contribution in [3.63, 3.8) is 0 Å². The molecule has 0 saturated heterocycles. The summed E-state index contributed by atoms with van der Waals surface area (Å²) in [6.07, 6.45) is -0.769. The molecule has 1 aromatic rings. The average Bonchev–Trinajstić information content (AvgIpc) is 2.19. The molecule has 0 radical (unpaired) electrons. The van der Waals surface area contributed by atoms with E-state index in [1.807, 2.05) is 0 Å². The molecule has 0 unspecified atom stereocenters. The van der Waals surface area contributed by atoms with Crippen molar-refractivity contribution in [3.8, 4) is 0 Å². The summed E-state index contributed by atoms with van der Waals surface area (Å²) < 4.78 is 25.7. The molecule has 0 bridgehead atoms. The molecule has 0 spiro atoms. The number of nitrogen functional groups attached to an aromatic ring is 1. The van der Waals surface area contributed by atoms with Crippen molar-refractivity contribution in [2.45, 2.75) is 17.9 Å². The predicted octanol–water partition coefficient (Wildman–Crippen LogP) is 0.581. The van der Waals surface area contributed by atoms with Crippen molar-refractivity contribution in [1.82, 2.24) is 4.72 Å². The predicted molar refractivity (Wildman–Crippen MR) is 62.7 cm³/mol. The quantitative estimate of drug-likeness (QED) is 0.694. The Morgan fingerprint density at radius 1 is 1.56 bits per heavy atom. The lowest BCUT2D eigenvalue weighted by Crippen LogP contribution is -2.30. The minimum Gasteiger partial charge on any atom is -0.399 e. The van der Waals surface area contributed by atoms with E-state index in [1.165, 1.54) is 25.1 Å². The van der Waals surface area contributed by atoms with Gasteiger partial charge in [0.1, 0.15) is 4.90 Å². The van der Waals surface area contributed by atoms with Gasteiger partial charge in [0, 0.05) is 12.2 Å². The number of anilines is 1. The molecule has 0 fully saturated rings. The van der Waals surface area contributed by atoms with Gasteiger partial charge in [0.05, 0.1) is 11.1 Å². The fourth-order valence-electron chi connectivity index (χ4n) is 1.03. The highest BCUT2D eigenvalue weighted by molar-refractivity contribution is 7.89. The van der Waals surface area contributed by atoms with Gasteiger partial charge in [-0.05, 0) is 25.1 Å². The second-order valence-corrected chi connectivity index (χ2v) is 5.53. The Labute approximate surface area is 99.3 Å². The van der Waals surface area contributed by atoms with E-state index in [-0.39, 0.29) is 16.5 Å². The molecule has 0 aliphatic rings. The molecule has 0 aliphatic carbocycles. The fraction of sp³-hybridized carbons (Fsp3) is 0.333. The normalized spacial score (nSPS) is 13.7. The van der Waals surface area contributed by atoms with Crippen LogP contribution in [0.5, 0.6) is 0 Å². The molecule has 1 aromatic carbocycles. The highest BCUT2D eigenvalue weighted by Crippen LogP contribution is 2.23. The Kier molecular flexibility index (Phi) is 4.15. The van der Waals surface area contributed by atoms with Crippen molar-refractivity contribution in [2.24, 2.45) is 0 Å². The summed E-state index contributed by atoms with van der Waals surface area (Å²) in [5.41, 5.74) is 5.79. The van der Waals surface area contributed by atoms with E-state index in [0.717, 1.165) is 0 Å². The zero-order valence-corrected chi connectivity index (χ0v) is 10.2. The van der Waals surface area contributed by atoms with Gasteiger partial charge in [0.15, 0.2) is 0 Å². The van der Waals surface area contributed by atoms with Crippen LogP contribution < -0.4 is 10.5 Å². The summed E-state index contributed by atoms with van der Waals surface area (Å²) in [6.45, 7) is 1.40. The summed E-state index contributed by atoms with van der Waals surface area (Å²) in [5.74, 6) is 0. The minimum absolute atomic E-state index is 0.0759. The topological polar surface area (TPSA) is 92.4 Å². The monoisotopic (exact) mass is 264 g/mol. The Balaban J connectivity index is 3.02. The van der Waals surface area contributed by atoms with E-state index in [0.29, 0.717) is 5.69 Å². The van der Waals surface area contributed by atoms with Crippen molar-refractivity contribution >= 4 is 27.3 Å². The first-order valence-corrected chi connectivity index (χ1v) is 6.42. The van der Waals surface area contributed by atoms with E-state index in [2.05, 4.69) is 4.72 Å². The number of hydrogen-bond acceptors (Lipinski definition) is 4. The van der Waals surface area contributed by atoms with Crippen LogP contribution in [0, 0.1) is 0 Å². The highest BCUT2D eigenvalue weighted by Gasteiger charge is 2.18. The molecule has 16 heavy (non-hydrogen) atoms. The SMILES string of the molecule is C[C@H](O)CNS(=O)(=O)c1cc(N)ccc1Cl. The van der Waals surface area contributed by atoms with Crippen molar-refractivity contribution < 1.29 is 13.5 Å². The van der Waals surface area contributed by atoms with E-state index in [9.17, 15) is 8.42 Å². The number of nitrogens with two attached hydrogens (primary N) is 1. The summed E-state index contributed by atoms with van der Waals surface area (Å²) in [5, 5.41) is 9.09.